The third-order valence-electron chi connectivity index (χ3n) is 3.41. The highest BCUT2D eigenvalue weighted by Crippen LogP contribution is 2.25. The maximum absolute atomic E-state index is 5.90. The van der Waals surface area contributed by atoms with E-state index in [1.54, 1.807) is 0 Å². The van der Waals surface area contributed by atoms with Crippen molar-refractivity contribution in [1.29, 1.82) is 0 Å². The van der Waals surface area contributed by atoms with Crippen molar-refractivity contribution in [2.24, 2.45) is 5.92 Å². The quantitative estimate of drug-likeness (QED) is 0.769. The number of rotatable bonds is 4. The van der Waals surface area contributed by atoms with Crippen LogP contribution in [0.25, 0.3) is 0 Å². The molecule has 16 heavy (non-hydrogen) atoms. The second kappa shape index (κ2) is 6.00. The Balaban J connectivity index is 1.77. The van der Waals surface area contributed by atoms with Gasteiger partial charge in [-0.15, -0.1) is 0 Å². The van der Waals surface area contributed by atoms with Crippen molar-refractivity contribution < 1.29 is 4.74 Å². The number of ether oxygens (including phenoxy) is 1. The molecule has 1 saturated carbocycles. The van der Waals surface area contributed by atoms with E-state index in [2.05, 4.69) is 11.9 Å². The lowest BCUT2D eigenvalue weighted by molar-refractivity contribution is 0.0280. The summed E-state index contributed by atoms with van der Waals surface area (Å²) in [5, 5.41) is 0. The molecule has 1 fully saturated rings. The molecule has 1 aromatic rings. The standard InChI is InChI=1S/C14H21NO/c1-12(14-9-5-6-10-15-14)16-11-13-7-3-2-4-8-13/h5-6,9-10,12-13H,2-4,7-8,11H2,1H3. The molecule has 88 valence electrons. The molecule has 1 heterocycles. The molecule has 2 nitrogen and oxygen atoms in total. The van der Waals surface area contributed by atoms with Crippen LogP contribution in [-0.2, 0) is 4.74 Å². The van der Waals surface area contributed by atoms with Gasteiger partial charge in [-0.1, -0.05) is 25.3 Å². The van der Waals surface area contributed by atoms with Gasteiger partial charge in [0, 0.05) is 6.20 Å². The first-order chi connectivity index (χ1) is 7.86. The van der Waals surface area contributed by atoms with E-state index in [-0.39, 0.29) is 6.10 Å². The van der Waals surface area contributed by atoms with E-state index in [0.717, 1.165) is 18.2 Å². The van der Waals surface area contributed by atoms with Crippen molar-refractivity contribution in [2.45, 2.75) is 45.1 Å². The van der Waals surface area contributed by atoms with Gasteiger partial charge < -0.3 is 4.74 Å². The molecule has 1 aliphatic rings. The van der Waals surface area contributed by atoms with Crippen LogP contribution in [0.4, 0.5) is 0 Å². The summed E-state index contributed by atoms with van der Waals surface area (Å²) in [4.78, 5) is 4.32. The molecule has 0 bridgehead atoms. The Morgan fingerprint density at radius 3 is 2.81 bits per heavy atom. The highest BCUT2D eigenvalue weighted by atomic mass is 16.5. The molecular formula is C14H21NO. The van der Waals surface area contributed by atoms with Gasteiger partial charge in [0.2, 0.25) is 0 Å². The third-order valence-corrected chi connectivity index (χ3v) is 3.41. The van der Waals surface area contributed by atoms with Crippen LogP contribution in [0, 0.1) is 5.92 Å². The second-order valence-corrected chi connectivity index (χ2v) is 4.73. The summed E-state index contributed by atoms with van der Waals surface area (Å²) in [6.45, 7) is 2.99. The van der Waals surface area contributed by atoms with E-state index in [1.807, 2.05) is 24.4 Å². The molecule has 0 N–H and O–H groups in total. The molecule has 0 radical (unpaired) electrons. The largest absolute Gasteiger partial charge is 0.372 e. The zero-order valence-electron chi connectivity index (χ0n) is 10.1. The smallest absolute Gasteiger partial charge is 0.0966 e. The molecule has 1 unspecified atom stereocenters. The van der Waals surface area contributed by atoms with Crippen LogP contribution in [0.1, 0.15) is 50.8 Å². The van der Waals surface area contributed by atoms with E-state index in [0.29, 0.717) is 0 Å². The number of hydrogen-bond donors (Lipinski definition) is 0. The Kier molecular flexibility index (Phi) is 4.34. The Labute approximate surface area is 98.0 Å². The first kappa shape index (κ1) is 11.6. The fourth-order valence-electron chi connectivity index (χ4n) is 2.34. The monoisotopic (exact) mass is 219 g/mol. The number of hydrogen-bond acceptors (Lipinski definition) is 2. The molecule has 0 amide bonds. The third kappa shape index (κ3) is 3.31. The zero-order chi connectivity index (χ0) is 11.2. The van der Waals surface area contributed by atoms with Gasteiger partial charge in [-0.3, -0.25) is 4.98 Å². The highest BCUT2D eigenvalue weighted by molar-refractivity contribution is 5.05. The van der Waals surface area contributed by atoms with Gasteiger partial charge in [0.15, 0.2) is 0 Å². The summed E-state index contributed by atoms with van der Waals surface area (Å²) in [6.07, 6.45) is 8.81. The van der Waals surface area contributed by atoms with Crippen molar-refractivity contribution in [3.8, 4) is 0 Å². The summed E-state index contributed by atoms with van der Waals surface area (Å²) in [5.41, 5.74) is 1.04. The van der Waals surface area contributed by atoms with Crippen molar-refractivity contribution in [2.75, 3.05) is 6.61 Å². The SMILES string of the molecule is CC(OCC1CCCCC1)c1ccccn1. The van der Waals surface area contributed by atoms with Gasteiger partial charge in [0.25, 0.3) is 0 Å². The topological polar surface area (TPSA) is 22.1 Å². The molecule has 0 spiro atoms. The van der Waals surface area contributed by atoms with Gasteiger partial charge in [0.1, 0.15) is 0 Å². The van der Waals surface area contributed by atoms with E-state index in [1.165, 1.54) is 32.1 Å². The van der Waals surface area contributed by atoms with Gasteiger partial charge >= 0.3 is 0 Å². The van der Waals surface area contributed by atoms with Crippen LogP contribution in [0.3, 0.4) is 0 Å². The Morgan fingerprint density at radius 1 is 1.31 bits per heavy atom. The van der Waals surface area contributed by atoms with Crippen LogP contribution in [0.2, 0.25) is 0 Å². The van der Waals surface area contributed by atoms with Gasteiger partial charge in [-0.2, -0.15) is 0 Å². The summed E-state index contributed by atoms with van der Waals surface area (Å²) in [7, 11) is 0. The van der Waals surface area contributed by atoms with Crippen LogP contribution >= 0.6 is 0 Å². The van der Waals surface area contributed by atoms with Crippen molar-refractivity contribution in [1.82, 2.24) is 4.98 Å². The second-order valence-electron chi connectivity index (χ2n) is 4.73. The zero-order valence-corrected chi connectivity index (χ0v) is 10.1. The average molecular weight is 219 g/mol. The molecule has 1 atom stereocenters. The summed E-state index contributed by atoms with van der Waals surface area (Å²) >= 11 is 0. The van der Waals surface area contributed by atoms with Crippen LogP contribution in [0.5, 0.6) is 0 Å². The van der Waals surface area contributed by atoms with Crippen molar-refractivity contribution in [3.63, 3.8) is 0 Å². The van der Waals surface area contributed by atoms with Gasteiger partial charge in [-0.25, -0.2) is 0 Å². The maximum Gasteiger partial charge on any atom is 0.0966 e. The van der Waals surface area contributed by atoms with Crippen LogP contribution < -0.4 is 0 Å². The first-order valence-corrected chi connectivity index (χ1v) is 6.39. The number of pyridine rings is 1. The van der Waals surface area contributed by atoms with E-state index in [4.69, 9.17) is 4.74 Å². The highest BCUT2D eigenvalue weighted by Gasteiger charge is 2.15. The summed E-state index contributed by atoms with van der Waals surface area (Å²) in [5.74, 6) is 0.778. The molecule has 2 heteroatoms. The molecule has 0 aromatic carbocycles. The minimum absolute atomic E-state index is 0.128. The lowest BCUT2D eigenvalue weighted by atomic mass is 9.90. The van der Waals surface area contributed by atoms with E-state index < -0.39 is 0 Å². The predicted octanol–water partition coefficient (Wildman–Crippen LogP) is 3.74. The first-order valence-electron chi connectivity index (χ1n) is 6.39. The van der Waals surface area contributed by atoms with Crippen molar-refractivity contribution in [3.05, 3.63) is 30.1 Å². The molecule has 2 rings (SSSR count). The molecule has 1 aliphatic carbocycles. The van der Waals surface area contributed by atoms with Crippen LogP contribution in [0.15, 0.2) is 24.4 Å². The Morgan fingerprint density at radius 2 is 2.12 bits per heavy atom. The predicted molar refractivity (Wildman–Crippen MR) is 65.2 cm³/mol. The van der Waals surface area contributed by atoms with Crippen molar-refractivity contribution >= 4 is 0 Å². The van der Waals surface area contributed by atoms with Crippen LogP contribution in [-0.4, -0.2) is 11.6 Å². The van der Waals surface area contributed by atoms with Gasteiger partial charge in [0.05, 0.1) is 18.4 Å². The minimum Gasteiger partial charge on any atom is -0.372 e. The molecule has 0 saturated heterocycles. The Bertz CT molecular complexity index is 293. The lowest BCUT2D eigenvalue weighted by Gasteiger charge is -2.23. The molecular weight excluding hydrogens is 198 g/mol. The molecule has 0 aliphatic heterocycles. The lowest BCUT2D eigenvalue weighted by Crippen LogP contribution is -2.15. The normalized spacial score (nSPS) is 19.6. The number of aromatic nitrogens is 1. The minimum atomic E-state index is 0.128. The molecule has 1 aromatic heterocycles. The maximum atomic E-state index is 5.90. The van der Waals surface area contributed by atoms with Gasteiger partial charge in [-0.05, 0) is 37.8 Å². The average Bonchev–Trinajstić information content (AvgIpc) is 2.38. The fraction of sp³-hybridized carbons (Fsp3) is 0.643. The Hall–Kier alpha value is -0.890. The summed E-state index contributed by atoms with van der Waals surface area (Å²) in [6, 6.07) is 5.99. The fourth-order valence-corrected chi connectivity index (χ4v) is 2.34. The van der Waals surface area contributed by atoms with E-state index >= 15 is 0 Å². The number of nitrogens with zero attached hydrogens (tertiary/aromatic N) is 1. The summed E-state index contributed by atoms with van der Waals surface area (Å²) < 4.78 is 5.90. The van der Waals surface area contributed by atoms with E-state index in [9.17, 15) is 0 Å².